The van der Waals surface area contributed by atoms with Gasteiger partial charge >= 0.3 is 0 Å². The summed E-state index contributed by atoms with van der Waals surface area (Å²) in [6.07, 6.45) is 0. The van der Waals surface area contributed by atoms with Gasteiger partial charge < -0.3 is 5.32 Å². The highest BCUT2D eigenvalue weighted by atomic mass is 35.5. The van der Waals surface area contributed by atoms with Crippen LogP contribution in [-0.4, -0.2) is 15.7 Å². The maximum absolute atomic E-state index is 12.6. The van der Waals surface area contributed by atoms with Crippen molar-refractivity contribution in [2.45, 2.75) is 20.4 Å². The molecule has 0 atom stereocenters. The highest BCUT2D eigenvalue weighted by Crippen LogP contribution is 2.23. The molecule has 6 heteroatoms. The summed E-state index contributed by atoms with van der Waals surface area (Å²) in [6.45, 7) is 4.31. The molecule has 3 rings (SSSR count). The van der Waals surface area contributed by atoms with Gasteiger partial charge in [0.05, 0.1) is 17.8 Å². The van der Waals surface area contributed by atoms with Crippen LogP contribution in [0.15, 0.2) is 48.5 Å². The van der Waals surface area contributed by atoms with Crippen LogP contribution >= 0.6 is 23.2 Å². The topological polar surface area (TPSA) is 46.9 Å². The van der Waals surface area contributed by atoms with Crippen molar-refractivity contribution in [3.8, 4) is 0 Å². The second-order valence-corrected chi connectivity index (χ2v) is 6.65. The number of rotatable bonds is 4. The second-order valence-electron chi connectivity index (χ2n) is 5.86. The van der Waals surface area contributed by atoms with Gasteiger partial charge in [-0.15, -0.1) is 0 Å². The second kappa shape index (κ2) is 7.30. The van der Waals surface area contributed by atoms with Gasteiger partial charge in [-0.2, -0.15) is 5.10 Å². The summed E-state index contributed by atoms with van der Waals surface area (Å²) in [5.41, 5.74) is 3.81. The van der Waals surface area contributed by atoms with E-state index in [9.17, 15) is 4.79 Å². The molecule has 0 unspecified atom stereocenters. The highest BCUT2D eigenvalue weighted by molar-refractivity contribution is 6.34. The van der Waals surface area contributed by atoms with Gasteiger partial charge in [-0.3, -0.25) is 4.79 Å². The summed E-state index contributed by atoms with van der Waals surface area (Å²) in [5, 5.41) is 8.08. The predicted octanol–water partition coefficient (Wildman–Crippen LogP) is 5.11. The smallest absolute Gasteiger partial charge is 0.260 e. The largest absolute Gasteiger partial charge is 0.322 e. The molecule has 0 bridgehead atoms. The molecule has 3 aromatic rings. The lowest BCUT2D eigenvalue weighted by molar-refractivity contribution is 0.102. The van der Waals surface area contributed by atoms with Crippen molar-refractivity contribution in [3.05, 3.63) is 81.1 Å². The van der Waals surface area contributed by atoms with Crippen LogP contribution in [0.5, 0.6) is 0 Å². The van der Waals surface area contributed by atoms with E-state index in [4.69, 9.17) is 23.2 Å². The minimum Gasteiger partial charge on any atom is -0.322 e. The molecule has 0 aliphatic rings. The average Bonchev–Trinajstić information content (AvgIpc) is 2.83. The Morgan fingerprint density at radius 2 is 1.84 bits per heavy atom. The number of aryl methyl sites for hydroxylation is 2. The molecular formula is C19H17Cl2N3O. The molecule has 0 saturated carbocycles. The number of carbonyl (C=O) groups is 1. The van der Waals surface area contributed by atoms with Gasteiger partial charge in [0.2, 0.25) is 0 Å². The van der Waals surface area contributed by atoms with E-state index in [2.05, 4.69) is 10.4 Å². The lowest BCUT2D eigenvalue weighted by atomic mass is 10.1. The van der Waals surface area contributed by atoms with Crippen molar-refractivity contribution in [2.24, 2.45) is 0 Å². The Balaban J connectivity index is 1.83. The Labute approximate surface area is 156 Å². The van der Waals surface area contributed by atoms with Gasteiger partial charge in [-0.1, -0.05) is 59.1 Å². The molecule has 1 aromatic heterocycles. The Hall–Kier alpha value is -2.30. The Morgan fingerprint density at radius 1 is 1.12 bits per heavy atom. The first-order valence-corrected chi connectivity index (χ1v) is 8.55. The fourth-order valence-corrected chi connectivity index (χ4v) is 3.05. The van der Waals surface area contributed by atoms with E-state index in [1.807, 2.05) is 31.2 Å². The van der Waals surface area contributed by atoms with Crippen LogP contribution in [0, 0.1) is 13.8 Å². The number of hydrogen-bond acceptors (Lipinski definition) is 2. The standard InChI is InChI=1S/C19H17Cl2N3O/c1-12-6-8-14(9-7-12)11-24-18(21)17(13(2)23-24)19(25)22-16-5-3-4-15(20)10-16/h3-10H,11H2,1-2H3,(H,22,25). The van der Waals surface area contributed by atoms with Crippen LogP contribution in [-0.2, 0) is 6.54 Å². The number of amides is 1. The van der Waals surface area contributed by atoms with Gasteiger partial charge in [-0.25, -0.2) is 4.68 Å². The molecule has 1 N–H and O–H groups in total. The quantitative estimate of drug-likeness (QED) is 0.690. The maximum atomic E-state index is 12.6. The fraction of sp³-hybridized carbons (Fsp3) is 0.158. The van der Waals surface area contributed by atoms with Crippen LogP contribution < -0.4 is 5.32 Å². The van der Waals surface area contributed by atoms with Gasteiger partial charge in [0.1, 0.15) is 5.15 Å². The summed E-state index contributed by atoms with van der Waals surface area (Å²) in [7, 11) is 0. The summed E-state index contributed by atoms with van der Waals surface area (Å²) in [6, 6.07) is 15.1. The lowest BCUT2D eigenvalue weighted by Gasteiger charge is -2.06. The predicted molar refractivity (Wildman–Crippen MR) is 102 cm³/mol. The molecule has 0 aliphatic heterocycles. The SMILES string of the molecule is Cc1ccc(Cn2nc(C)c(C(=O)Nc3cccc(Cl)c3)c2Cl)cc1. The van der Waals surface area contributed by atoms with Gasteiger partial charge in [0.25, 0.3) is 5.91 Å². The van der Waals surface area contributed by atoms with E-state index in [1.165, 1.54) is 5.56 Å². The Morgan fingerprint density at radius 3 is 2.52 bits per heavy atom. The number of halogens is 2. The summed E-state index contributed by atoms with van der Waals surface area (Å²) in [4.78, 5) is 12.6. The van der Waals surface area contributed by atoms with Crippen LogP contribution in [0.25, 0.3) is 0 Å². The van der Waals surface area contributed by atoms with Gasteiger partial charge in [0.15, 0.2) is 0 Å². The Bertz CT molecular complexity index is 917. The minimum absolute atomic E-state index is 0.306. The molecule has 0 fully saturated rings. The number of nitrogens with one attached hydrogen (secondary N) is 1. The number of benzene rings is 2. The summed E-state index contributed by atoms with van der Waals surface area (Å²) in [5.74, 6) is -0.306. The third-order valence-corrected chi connectivity index (χ3v) is 4.45. The van der Waals surface area contributed by atoms with Crippen molar-refractivity contribution in [1.82, 2.24) is 9.78 Å². The molecule has 0 spiro atoms. The zero-order valence-electron chi connectivity index (χ0n) is 13.9. The van der Waals surface area contributed by atoms with E-state index in [0.717, 1.165) is 5.56 Å². The van der Waals surface area contributed by atoms with Gasteiger partial charge in [0, 0.05) is 10.7 Å². The number of anilines is 1. The first kappa shape index (κ1) is 17.5. The normalized spacial score (nSPS) is 10.7. The monoisotopic (exact) mass is 373 g/mol. The van der Waals surface area contributed by atoms with Crippen molar-refractivity contribution in [2.75, 3.05) is 5.32 Å². The molecule has 0 radical (unpaired) electrons. The van der Waals surface area contributed by atoms with Crippen LogP contribution in [0.3, 0.4) is 0 Å². The maximum Gasteiger partial charge on any atom is 0.260 e. The molecule has 1 heterocycles. The molecule has 128 valence electrons. The van der Waals surface area contributed by atoms with Crippen molar-refractivity contribution < 1.29 is 4.79 Å². The molecule has 4 nitrogen and oxygen atoms in total. The van der Waals surface area contributed by atoms with E-state index < -0.39 is 0 Å². The third kappa shape index (κ3) is 4.03. The number of carbonyl (C=O) groups excluding carboxylic acids is 1. The average molecular weight is 374 g/mol. The number of nitrogens with zero attached hydrogens (tertiary/aromatic N) is 2. The molecule has 0 aliphatic carbocycles. The first-order valence-electron chi connectivity index (χ1n) is 7.79. The minimum atomic E-state index is -0.306. The van der Waals surface area contributed by atoms with E-state index in [0.29, 0.717) is 33.7 Å². The van der Waals surface area contributed by atoms with Crippen molar-refractivity contribution in [1.29, 1.82) is 0 Å². The van der Waals surface area contributed by atoms with Crippen LogP contribution in [0.1, 0.15) is 27.2 Å². The van der Waals surface area contributed by atoms with E-state index in [1.54, 1.807) is 35.9 Å². The molecule has 2 aromatic carbocycles. The summed E-state index contributed by atoms with van der Waals surface area (Å²) < 4.78 is 1.63. The number of aromatic nitrogens is 2. The van der Waals surface area contributed by atoms with Crippen molar-refractivity contribution in [3.63, 3.8) is 0 Å². The van der Waals surface area contributed by atoms with Crippen molar-refractivity contribution >= 4 is 34.8 Å². The zero-order valence-corrected chi connectivity index (χ0v) is 15.4. The zero-order chi connectivity index (χ0) is 18.0. The van der Waals surface area contributed by atoms with E-state index in [-0.39, 0.29) is 5.91 Å². The molecular weight excluding hydrogens is 357 g/mol. The summed E-state index contributed by atoms with van der Waals surface area (Å²) >= 11 is 12.4. The molecule has 0 saturated heterocycles. The Kier molecular flexibility index (Phi) is 5.11. The number of hydrogen-bond donors (Lipinski definition) is 1. The first-order chi connectivity index (χ1) is 11.9. The van der Waals surface area contributed by atoms with Gasteiger partial charge in [-0.05, 0) is 37.6 Å². The van der Waals surface area contributed by atoms with Crippen LogP contribution in [0.2, 0.25) is 10.2 Å². The third-order valence-electron chi connectivity index (χ3n) is 3.83. The highest BCUT2D eigenvalue weighted by Gasteiger charge is 2.20. The van der Waals surface area contributed by atoms with E-state index >= 15 is 0 Å². The lowest BCUT2D eigenvalue weighted by Crippen LogP contribution is -2.13. The fourth-order valence-electron chi connectivity index (χ4n) is 2.54. The molecule has 1 amide bonds. The molecule has 25 heavy (non-hydrogen) atoms. The van der Waals surface area contributed by atoms with Crippen LogP contribution in [0.4, 0.5) is 5.69 Å².